The summed E-state index contributed by atoms with van der Waals surface area (Å²) >= 11 is 0. The SMILES string of the molecule is CN1CCN(C(=O)CCc2cccc3c2CCNC3)CC1. The number of benzene rings is 1. The number of nitrogens with zero attached hydrogens (tertiary/aromatic N) is 2. The van der Waals surface area contributed by atoms with Crippen LogP contribution in [0, 0.1) is 0 Å². The van der Waals surface area contributed by atoms with Crippen LogP contribution in [0.15, 0.2) is 18.2 Å². The summed E-state index contributed by atoms with van der Waals surface area (Å²) in [7, 11) is 2.12. The van der Waals surface area contributed by atoms with E-state index in [1.165, 1.54) is 16.7 Å². The molecule has 1 aromatic carbocycles. The van der Waals surface area contributed by atoms with Crippen molar-refractivity contribution in [2.45, 2.75) is 25.8 Å². The minimum atomic E-state index is 0.314. The van der Waals surface area contributed by atoms with Gasteiger partial charge in [0.25, 0.3) is 0 Å². The average molecular weight is 287 g/mol. The zero-order valence-electron chi connectivity index (χ0n) is 12.9. The Morgan fingerprint density at radius 3 is 2.86 bits per heavy atom. The molecule has 0 unspecified atom stereocenters. The number of fused-ring (bicyclic) bond motifs is 1. The Kier molecular flexibility index (Phi) is 4.56. The first-order chi connectivity index (χ1) is 10.2. The van der Waals surface area contributed by atoms with E-state index in [9.17, 15) is 4.79 Å². The van der Waals surface area contributed by atoms with Crippen LogP contribution in [0.4, 0.5) is 0 Å². The van der Waals surface area contributed by atoms with Crippen molar-refractivity contribution < 1.29 is 4.79 Å². The number of piperazine rings is 1. The highest BCUT2D eigenvalue weighted by molar-refractivity contribution is 5.76. The zero-order chi connectivity index (χ0) is 14.7. The van der Waals surface area contributed by atoms with Gasteiger partial charge in [-0.05, 0) is 43.1 Å². The lowest BCUT2D eigenvalue weighted by Gasteiger charge is -2.32. The van der Waals surface area contributed by atoms with Gasteiger partial charge in [-0.15, -0.1) is 0 Å². The van der Waals surface area contributed by atoms with Crippen LogP contribution in [0.3, 0.4) is 0 Å². The molecule has 21 heavy (non-hydrogen) atoms. The fourth-order valence-corrected chi connectivity index (χ4v) is 3.30. The Labute approximate surface area is 127 Å². The van der Waals surface area contributed by atoms with E-state index in [-0.39, 0.29) is 0 Å². The van der Waals surface area contributed by atoms with Crippen molar-refractivity contribution >= 4 is 5.91 Å². The van der Waals surface area contributed by atoms with Crippen LogP contribution in [-0.2, 0) is 24.2 Å². The van der Waals surface area contributed by atoms with Crippen molar-refractivity contribution in [2.24, 2.45) is 0 Å². The van der Waals surface area contributed by atoms with Crippen LogP contribution in [0.5, 0.6) is 0 Å². The number of rotatable bonds is 3. The summed E-state index contributed by atoms with van der Waals surface area (Å²) in [6.45, 7) is 5.78. The van der Waals surface area contributed by atoms with Crippen molar-refractivity contribution in [3.05, 3.63) is 34.9 Å². The molecule has 3 rings (SSSR count). The monoisotopic (exact) mass is 287 g/mol. The Balaban J connectivity index is 1.59. The standard InChI is InChI=1S/C17H25N3O/c1-19-9-11-20(12-10-19)17(21)6-5-14-3-2-4-15-13-18-8-7-16(14)15/h2-4,18H,5-13H2,1H3. The van der Waals surface area contributed by atoms with Crippen LogP contribution in [0.25, 0.3) is 0 Å². The predicted octanol–water partition coefficient (Wildman–Crippen LogP) is 1.04. The number of carbonyl (C=O) groups is 1. The van der Waals surface area contributed by atoms with Gasteiger partial charge in [0.2, 0.25) is 5.91 Å². The minimum absolute atomic E-state index is 0.314. The van der Waals surface area contributed by atoms with Crippen LogP contribution < -0.4 is 5.32 Å². The third-order valence-corrected chi connectivity index (χ3v) is 4.70. The lowest BCUT2D eigenvalue weighted by Crippen LogP contribution is -2.47. The van der Waals surface area contributed by atoms with Gasteiger partial charge in [-0.2, -0.15) is 0 Å². The highest BCUT2D eigenvalue weighted by Gasteiger charge is 2.19. The van der Waals surface area contributed by atoms with Crippen molar-refractivity contribution in [1.29, 1.82) is 0 Å². The maximum Gasteiger partial charge on any atom is 0.222 e. The molecule has 0 spiro atoms. The van der Waals surface area contributed by atoms with Crippen LogP contribution in [0.1, 0.15) is 23.1 Å². The Morgan fingerprint density at radius 2 is 2.05 bits per heavy atom. The smallest absolute Gasteiger partial charge is 0.222 e. The molecule has 1 amide bonds. The minimum Gasteiger partial charge on any atom is -0.340 e. The molecule has 1 aromatic rings. The third-order valence-electron chi connectivity index (χ3n) is 4.70. The molecule has 2 aliphatic rings. The van der Waals surface area contributed by atoms with Gasteiger partial charge in [0, 0.05) is 39.1 Å². The van der Waals surface area contributed by atoms with Gasteiger partial charge in [0.15, 0.2) is 0 Å². The summed E-state index contributed by atoms with van der Waals surface area (Å²) in [5.41, 5.74) is 4.25. The second-order valence-electron chi connectivity index (χ2n) is 6.17. The summed E-state index contributed by atoms with van der Waals surface area (Å²) in [5.74, 6) is 0.314. The van der Waals surface area contributed by atoms with E-state index in [2.05, 4.69) is 35.5 Å². The Hall–Kier alpha value is -1.39. The average Bonchev–Trinajstić information content (AvgIpc) is 2.53. The first-order valence-electron chi connectivity index (χ1n) is 8.01. The lowest BCUT2D eigenvalue weighted by molar-refractivity contribution is -0.132. The van der Waals surface area contributed by atoms with E-state index in [0.717, 1.165) is 52.1 Å². The number of hydrogen-bond acceptors (Lipinski definition) is 3. The van der Waals surface area contributed by atoms with Crippen LogP contribution >= 0.6 is 0 Å². The molecule has 2 aliphatic heterocycles. The topological polar surface area (TPSA) is 35.6 Å². The van der Waals surface area contributed by atoms with Crippen LogP contribution in [0.2, 0.25) is 0 Å². The molecular formula is C17H25N3O. The van der Waals surface area contributed by atoms with E-state index in [4.69, 9.17) is 0 Å². The first-order valence-corrected chi connectivity index (χ1v) is 8.01. The fraction of sp³-hybridized carbons (Fsp3) is 0.588. The molecule has 0 aliphatic carbocycles. The van der Waals surface area contributed by atoms with E-state index < -0.39 is 0 Å². The van der Waals surface area contributed by atoms with Gasteiger partial charge >= 0.3 is 0 Å². The molecule has 1 saturated heterocycles. The molecule has 0 atom stereocenters. The third kappa shape index (κ3) is 3.44. The quantitative estimate of drug-likeness (QED) is 0.902. The molecule has 0 saturated carbocycles. The van der Waals surface area contributed by atoms with Gasteiger partial charge < -0.3 is 15.1 Å². The van der Waals surface area contributed by atoms with Gasteiger partial charge in [0.05, 0.1) is 0 Å². The molecule has 2 heterocycles. The maximum atomic E-state index is 12.3. The van der Waals surface area contributed by atoms with E-state index in [1.54, 1.807) is 0 Å². The molecule has 0 aromatic heterocycles. The van der Waals surface area contributed by atoms with E-state index >= 15 is 0 Å². The van der Waals surface area contributed by atoms with Crippen molar-refractivity contribution in [3.63, 3.8) is 0 Å². The molecule has 0 radical (unpaired) electrons. The van der Waals surface area contributed by atoms with Crippen LogP contribution in [-0.4, -0.2) is 55.5 Å². The summed E-state index contributed by atoms with van der Waals surface area (Å²) < 4.78 is 0. The second kappa shape index (κ2) is 6.58. The van der Waals surface area contributed by atoms with Crippen molar-refractivity contribution in [2.75, 3.05) is 39.8 Å². The van der Waals surface area contributed by atoms with Crippen molar-refractivity contribution in [3.8, 4) is 0 Å². The van der Waals surface area contributed by atoms with E-state index in [0.29, 0.717) is 12.3 Å². The zero-order valence-corrected chi connectivity index (χ0v) is 12.9. The van der Waals surface area contributed by atoms with Crippen molar-refractivity contribution in [1.82, 2.24) is 15.1 Å². The number of carbonyl (C=O) groups excluding carboxylic acids is 1. The number of nitrogens with one attached hydrogen (secondary N) is 1. The summed E-state index contributed by atoms with van der Waals surface area (Å²) in [6.07, 6.45) is 2.62. The molecule has 114 valence electrons. The van der Waals surface area contributed by atoms with Gasteiger partial charge in [-0.3, -0.25) is 4.79 Å². The first kappa shape index (κ1) is 14.5. The van der Waals surface area contributed by atoms with E-state index in [1.807, 2.05) is 4.90 Å². The summed E-state index contributed by atoms with van der Waals surface area (Å²) in [6, 6.07) is 6.52. The Bertz CT molecular complexity index is 507. The second-order valence-corrected chi connectivity index (χ2v) is 6.17. The highest BCUT2D eigenvalue weighted by atomic mass is 16.2. The van der Waals surface area contributed by atoms with Gasteiger partial charge in [0.1, 0.15) is 0 Å². The predicted molar refractivity (Wildman–Crippen MR) is 84.3 cm³/mol. The molecule has 4 nitrogen and oxygen atoms in total. The lowest BCUT2D eigenvalue weighted by atomic mass is 9.93. The highest BCUT2D eigenvalue weighted by Crippen LogP contribution is 2.20. The molecule has 1 fully saturated rings. The number of likely N-dealkylation sites (N-methyl/N-ethyl adjacent to an activating group) is 1. The molecule has 0 bridgehead atoms. The normalized spacial score (nSPS) is 19.4. The van der Waals surface area contributed by atoms with Gasteiger partial charge in [-0.25, -0.2) is 0 Å². The summed E-state index contributed by atoms with van der Waals surface area (Å²) in [4.78, 5) is 16.6. The largest absolute Gasteiger partial charge is 0.340 e. The molecular weight excluding hydrogens is 262 g/mol. The molecule has 4 heteroatoms. The van der Waals surface area contributed by atoms with Gasteiger partial charge in [-0.1, -0.05) is 18.2 Å². The number of hydrogen-bond donors (Lipinski definition) is 1. The number of amides is 1. The fourth-order valence-electron chi connectivity index (χ4n) is 3.30. The summed E-state index contributed by atoms with van der Waals surface area (Å²) in [5, 5.41) is 3.41. The number of aryl methyl sites for hydroxylation is 1. The Morgan fingerprint density at radius 1 is 1.24 bits per heavy atom. The maximum absolute atomic E-state index is 12.3. The molecule has 1 N–H and O–H groups in total.